The van der Waals surface area contributed by atoms with Gasteiger partial charge < -0.3 is 5.21 Å². The maximum absolute atomic E-state index is 12.0. The summed E-state index contributed by atoms with van der Waals surface area (Å²) in [5, 5.41) is 13.5. The Morgan fingerprint density at radius 1 is 0.842 bits per heavy atom. The molecule has 0 fully saturated rings. The van der Waals surface area contributed by atoms with Gasteiger partial charge in [-0.3, -0.25) is 0 Å². The van der Waals surface area contributed by atoms with Crippen LogP contribution in [0, 0.1) is 5.21 Å². The molecule has 19 heavy (non-hydrogen) atoms. The van der Waals surface area contributed by atoms with Gasteiger partial charge in [-0.05, 0) is 18.2 Å². The van der Waals surface area contributed by atoms with Gasteiger partial charge in [-0.15, -0.1) is 0 Å². The first-order valence-electron chi connectivity index (χ1n) is 5.19. The van der Waals surface area contributed by atoms with Crippen molar-refractivity contribution in [2.75, 3.05) is 0 Å². The number of halogens is 4. The largest absolute Gasteiger partial charge is 0.618 e. The van der Waals surface area contributed by atoms with E-state index >= 15 is 0 Å². The van der Waals surface area contributed by atoms with Gasteiger partial charge in [-0.25, -0.2) is 0 Å². The fraction of sp³-hybridized carbons (Fsp3) is 0. The normalized spacial score (nSPS) is 11.7. The molecule has 2 rings (SSSR count). The highest BCUT2D eigenvalue weighted by Gasteiger charge is 2.10. The van der Waals surface area contributed by atoms with Crippen LogP contribution in [-0.2, 0) is 0 Å². The summed E-state index contributed by atoms with van der Waals surface area (Å²) in [6, 6.07) is 9.59. The Hall–Kier alpha value is -0.930. The smallest absolute Gasteiger partial charge is 0.218 e. The van der Waals surface area contributed by atoms with Gasteiger partial charge in [0.2, 0.25) is 5.69 Å². The van der Waals surface area contributed by atoms with Crippen molar-refractivity contribution in [2.45, 2.75) is 0 Å². The van der Waals surface area contributed by atoms with E-state index in [-0.39, 0.29) is 0 Å². The van der Waals surface area contributed by atoms with Crippen LogP contribution in [0.2, 0.25) is 20.1 Å². The molecule has 0 N–H and O–H groups in total. The molecule has 0 heterocycles. The van der Waals surface area contributed by atoms with Crippen molar-refractivity contribution in [1.82, 2.24) is 0 Å². The van der Waals surface area contributed by atoms with Gasteiger partial charge in [0.25, 0.3) is 0 Å². The van der Waals surface area contributed by atoms with E-state index in [0.29, 0.717) is 36.1 Å². The summed E-state index contributed by atoms with van der Waals surface area (Å²) in [5.74, 6) is 0. The molecular formula is C13H7Cl4NO. The van der Waals surface area contributed by atoms with Crippen LogP contribution < -0.4 is 0 Å². The number of rotatable bonds is 2. The van der Waals surface area contributed by atoms with E-state index in [1.54, 1.807) is 30.3 Å². The van der Waals surface area contributed by atoms with Crippen molar-refractivity contribution in [3.8, 4) is 0 Å². The maximum Gasteiger partial charge on any atom is 0.218 e. The zero-order valence-electron chi connectivity index (χ0n) is 9.41. The molecule has 2 aromatic rings. The Labute approximate surface area is 130 Å². The van der Waals surface area contributed by atoms with Crippen LogP contribution >= 0.6 is 46.4 Å². The quantitative estimate of drug-likeness (QED) is 0.305. The van der Waals surface area contributed by atoms with Crippen LogP contribution in [0.4, 0.5) is 5.69 Å². The first kappa shape index (κ1) is 14.5. The SMILES string of the molecule is [O-]/[N+](=C\c1c(Cl)cccc1Cl)c1ccc(Cl)c(Cl)c1. The van der Waals surface area contributed by atoms with Crippen molar-refractivity contribution in [1.29, 1.82) is 0 Å². The standard InChI is InChI=1S/C13H7Cl4NO/c14-10-2-1-3-11(15)9(10)7-18(19)8-4-5-12(16)13(17)6-8/h1-7H/b18-7-. The van der Waals surface area contributed by atoms with E-state index in [0.717, 1.165) is 0 Å². The number of benzene rings is 2. The first-order chi connectivity index (χ1) is 8.99. The predicted octanol–water partition coefficient (Wildman–Crippen LogP) is 5.56. The Bertz CT molecular complexity index is 635. The van der Waals surface area contributed by atoms with Crippen molar-refractivity contribution in [2.24, 2.45) is 0 Å². The molecule has 2 aromatic carbocycles. The summed E-state index contributed by atoms with van der Waals surface area (Å²) in [7, 11) is 0. The molecule has 0 spiro atoms. The summed E-state index contributed by atoms with van der Waals surface area (Å²) in [6.07, 6.45) is 1.30. The van der Waals surface area contributed by atoms with Crippen LogP contribution in [0.25, 0.3) is 0 Å². The molecule has 6 heteroatoms. The zero-order valence-corrected chi connectivity index (χ0v) is 12.4. The van der Waals surface area contributed by atoms with Crippen molar-refractivity contribution in [3.05, 3.63) is 67.3 Å². The van der Waals surface area contributed by atoms with Gasteiger partial charge in [-0.2, -0.15) is 4.74 Å². The molecule has 0 aliphatic rings. The lowest BCUT2D eigenvalue weighted by Crippen LogP contribution is -2.00. The lowest BCUT2D eigenvalue weighted by Gasteiger charge is -2.05. The third-order valence-electron chi connectivity index (χ3n) is 2.40. The first-order valence-corrected chi connectivity index (χ1v) is 6.70. The van der Waals surface area contributed by atoms with E-state index in [2.05, 4.69) is 0 Å². The monoisotopic (exact) mass is 333 g/mol. The number of hydrogen-bond donors (Lipinski definition) is 0. The Morgan fingerprint density at radius 2 is 1.47 bits per heavy atom. The highest BCUT2D eigenvalue weighted by Crippen LogP contribution is 2.27. The van der Waals surface area contributed by atoms with Crippen molar-refractivity contribution in [3.63, 3.8) is 0 Å². The lowest BCUT2D eigenvalue weighted by molar-refractivity contribution is -0.354. The summed E-state index contributed by atoms with van der Waals surface area (Å²) < 4.78 is 0.634. The average Bonchev–Trinajstić information content (AvgIpc) is 2.37. The molecule has 0 unspecified atom stereocenters. The molecule has 0 aliphatic carbocycles. The second-order valence-corrected chi connectivity index (χ2v) is 5.32. The third kappa shape index (κ3) is 3.34. The molecule has 2 nitrogen and oxygen atoms in total. The van der Waals surface area contributed by atoms with Gasteiger partial charge in [0.15, 0.2) is 6.21 Å². The Morgan fingerprint density at radius 3 is 2.05 bits per heavy atom. The van der Waals surface area contributed by atoms with Crippen molar-refractivity contribution >= 4 is 58.3 Å². The van der Waals surface area contributed by atoms with Crippen LogP contribution in [0.1, 0.15) is 5.56 Å². The van der Waals surface area contributed by atoms with Gasteiger partial charge in [0.05, 0.1) is 25.7 Å². The molecule has 0 aliphatic heterocycles. The summed E-state index contributed by atoms with van der Waals surface area (Å²) in [6.45, 7) is 0. The highest BCUT2D eigenvalue weighted by atomic mass is 35.5. The van der Waals surface area contributed by atoms with E-state index in [1.807, 2.05) is 0 Å². The van der Waals surface area contributed by atoms with Gasteiger partial charge in [0, 0.05) is 12.1 Å². The van der Waals surface area contributed by atoms with Crippen LogP contribution in [0.3, 0.4) is 0 Å². The maximum atomic E-state index is 12.0. The van der Waals surface area contributed by atoms with Gasteiger partial charge >= 0.3 is 0 Å². The fourth-order valence-electron chi connectivity index (χ4n) is 1.45. The molecule has 0 aromatic heterocycles. The molecule has 0 saturated carbocycles. The van der Waals surface area contributed by atoms with Crippen molar-refractivity contribution < 1.29 is 4.74 Å². The molecule has 0 radical (unpaired) electrons. The van der Waals surface area contributed by atoms with E-state index < -0.39 is 0 Å². The fourth-order valence-corrected chi connectivity index (χ4v) is 2.24. The Balaban J connectivity index is 2.45. The van der Waals surface area contributed by atoms with E-state index in [4.69, 9.17) is 46.4 Å². The van der Waals surface area contributed by atoms with Crippen LogP contribution in [0.15, 0.2) is 36.4 Å². The zero-order chi connectivity index (χ0) is 14.0. The summed E-state index contributed by atoms with van der Waals surface area (Å²) >= 11 is 23.6. The minimum atomic E-state index is 0.304. The molecule has 0 saturated heterocycles. The van der Waals surface area contributed by atoms with E-state index in [9.17, 15) is 5.21 Å². The molecule has 0 bridgehead atoms. The number of nitrogens with zero attached hydrogens (tertiary/aromatic N) is 1. The molecule has 0 amide bonds. The second kappa shape index (κ2) is 6.02. The minimum absolute atomic E-state index is 0.304. The van der Waals surface area contributed by atoms with Gasteiger partial charge in [-0.1, -0.05) is 52.5 Å². The molecular weight excluding hydrogens is 328 g/mol. The molecule has 98 valence electrons. The van der Waals surface area contributed by atoms with Crippen LogP contribution in [0.5, 0.6) is 0 Å². The third-order valence-corrected chi connectivity index (χ3v) is 3.80. The van der Waals surface area contributed by atoms with E-state index in [1.165, 1.54) is 12.3 Å². The lowest BCUT2D eigenvalue weighted by atomic mass is 10.2. The summed E-state index contributed by atoms with van der Waals surface area (Å²) in [4.78, 5) is 0. The Kier molecular flexibility index (Phi) is 4.58. The van der Waals surface area contributed by atoms with Crippen LogP contribution in [-0.4, -0.2) is 11.0 Å². The van der Waals surface area contributed by atoms with Gasteiger partial charge in [0.1, 0.15) is 0 Å². The number of hydrogen-bond acceptors (Lipinski definition) is 1. The molecule has 0 atom stereocenters. The summed E-state index contributed by atoms with van der Waals surface area (Å²) in [5.41, 5.74) is 0.789. The highest BCUT2D eigenvalue weighted by molar-refractivity contribution is 6.42. The minimum Gasteiger partial charge on any atom is -0.618 e. The topological polar surface area (TPSA) is 26.1 Å². The second-order valence-electron chi connectivity index (χ2n) is 3.69. The average molecular weight is 335 g/mol. The predicted molar refractivity (Wildman–Crippen MR) is 81.4 cm³/mol.